The number of aromatic nitrogens is 2. The van der Waals surface area contributed by atoms with Crippen molar-refractivity contribution in [1.29, 1.82) is 0 Å². The van der Waals surface area contributed by atoms with Crippen molar-refractivity contribution in [2.24, 2.45) is 5.92 Å². The zero-order valence-corrected chi connectivity index (χ0v) is 8.96. The molecule has 0 amide bonds. The Morgan fingerprint density at radius 3 is 2.62 bits per heavy atom. The lowest BCUT2D eigenvalue weighted by molar-refractivity contribution is 0.626. The summed E-state index contributed by atoms with van der Waals surface area (Å²) in [6, 6.07) is 0. The molecule has 1 rings (SSSR count). The van der Waals surface area contributed by atoms with E-state index in [9.17, 15) is 0 Å². The van der Waals surface area contributed by atoms with Crippen LogP contribution in [0.15, 0.2) is 6.20 Å². The lowest BCUT2D eigenvalue weighted by Crippen LogP contribution is -2.04. The SMILES string of the molecule is CCc1cnc(C)c(CC(C)C)n1. The second-order valence-corrected chi connectivity index (χ2v) is 3.84. The Hall–Kier alpha value is -0.920. The molecule has 72 valence electrons. The molecule has 0 saturated heterocycles. The molecule has 1 aromatic rings. The third-order valence-electron chi connectivity index (χ3n) is 2.07. The molecule has 0 radical (unpaired) electrons. The van der Waals surface area contributed by atoms with Gasteiger partial charge in [-0.1, -0.05) is 20.8 Å². The zero-order valence-electron chi connectivity index (χ0n) is 8.96. The van der Waals surface area contributed by atoms with E-state index in [1.54, 1.807) is 0 Å². The molecule has 1 aromatic heterocycles. The Morgan fingerprint density at radius 2 is 2.08 bits per heavy atom. The van der Waals surface area contributed by atoms with Gasteiger partial charge in [0.2, 0.25) is 0 Å². The molecule has 0 aliphatic carbocycles. The lowest BCUT2D eigenvalue weighted by Gasteiger charge is -2.07. The van der Waals surface area contributed by atoms with Gasteiger partial charge in [0.25, 0.3) is 0 Å². The largest absolute Gasteiger partial charge is 0.258 e. The fourth-order valence-electron chi connectivity index (χ4n) is 1.28. The summed E-state index contributed by atoms with van der Waals surface area (Å²) in [7, 11) is 0. The van der Waals surface area contributed by atoms with Gasteiger partial charge in [-0.25, -0.2) is 0 Å². The molecule has 0 atom stereocenters. The van der Waals surface area contributed by atoms with Gasteiger partial charge in [0.05, 0.1) is 17.1 Å². The predicted octanol–water partition coefficient (Wildman–Crippen LogP) is 2.55. The molecule has 0 aliphatic heterocycles. The van der Waals surface area contributed by atoms with Crippen LogP contribution in [0.25, 0.3) is 0 Å². The molecular formula is C11H18N2. The molecule has 0 bridgehead atoms. The van der Waals surface area contributed by atoms with Crippen LogP contribution in [0.2, 0.25) is 0 Å². The Bertz CT molecular complexity index is 279. The van der Waals surface area contributed by atoms with E-state index in [0.29, 0.717) is 5.92 Å². The predicted molar refractivity (Wildman–Crippen MR) is 54.7 cm³/mol. The minimum Gasteiger partial charge on any atom is -0.258 e. The van der Waals surface area contributed by atoms with E-state index in [1.807, 2.05) is 13.1 Å². The van der Waals surface area contributed by atoms with Crippen molar-refractivity contribution in [2.45, 2.75) is 40.5 Å². The van der Waals surface area contributed by atoms with Crippen LogP contribution >= 0.6 is 0 Å². The summed E-state index contributed by atoms with van der Waals surface area (Å²) in [5.41, 5.74) is 3.33. The van der Waals surface area contributed by atoms with Gasteiger partial charge in [-0.15, -0.1) is 0 Å². The number of nitrogens with zero attached hydrogens (tertiary/aromatic N) is 2. The minimum absolute atomic E-state index is 0.653. The van der Waals surface area contributed by atoms with Crippen LogP contribution < -0.4 is 0 Å². The molecule has 0 saturated carbocycles. The third kappa shape index (κ3) is 2.79. The van der Waals surface area contributed by atoms with E-state index in [2.05, 4.69) is 30.7 Å². The lowest BCUT2D eigenvalue weighted by atomic mass is 10.1. The molecule has 0 fully saturated rings. The van der Waals surface area contributed by atoms with E-state index in [1.165, 1.54) is 0 Å². The summed E-state index contributed by atoms with van der Waals surface area (Å²) in [5.74, 6) is 0.653. The molecule has 0 aliphatic rings. The molecule has 2 nitrogen and oxygen atoms in total. The van der Waals surface area contributed by atoms with Gasteiger partial charge in [-0.3, -0.25) is 9.97 Å². The monoisotopic (exact) mass is 178 g/mol. The molecular weight excluding hydrogens is 160 g/mol. The zero-order chi connectivity index (χ0) is 9.84. The first kappa shape index (κ1) is 10.2. The normalized spacial score (nSPS) is 10.8. The molecule has 13 heavy (non-hydrogen) atoms. The van der Waals surface area contributed by atoms with Crippen LogP contribution in [0.3, 0.4) is 0 Å². The number of hydrogen-bond donors (Lipinski definition) is 0. The van der Waals surface area contributed by atoms with E-state index in [0.717, 1.165) is 29.9 Å². The van der Waals surface area contributed by atoms with Gasteiger partial charge in [-0.05, 0) is 25.7 Å². The highest BCUT2D eigenvalue weighted by Crippen LogP contribution is 2.09. The summed E-state index contributed by atoms with van der Waals surface area (Å²) in [6.45, 7) is 8.56. The second-order valence-electron chi connectivity index (χ2n) is 3.84. The van der Waals surface area contributed by atoms with Crippen LogP contribution in [-0.2, 0) is 12.8 Å². The first-order chi connectivity index (χ1) is 6.13. The Labute approximate surface area is 80.4 Å². The third-order valence-corrected chi connectivity index (χ3v) is 2.07. The van der Waals surface area contributed by atoms with Gasteiger partial charge in [0.1, 0.15) is 0 Å². The van der Waals surface area contributed by atoms with Gasteiger partial charge in [0.15, 0.2) is 0 Å². The number of hydrogen-bond acceptors (Lipinski definition) is 2. The number of rotatable bonds is 3. The molecule has 2 heteroatoms. The van der Waals surface area contributed by atoms with Crippen molar-refractivity contribution in [3.8, 4) is 0 Å². The topological polar surface area (TPSA) is 25.8 Å². The van der Waals surface area contributed by atoms with Crippen LogP contribution in [0.1, 0.15) is 37.9 Å². The van der Waals surface area contributed by atoms with Crippen LogP contribution in [0, 0.1) is 12.8 Å². The quantitative estimate of drug-likeness (QED) is 0.711. The van der Waals surface area contributed by atoms with Crippen molar-refractivity contribution >= 4 is 0 Å². The van der Waals surface area contributed by atoms with E-state index in [-0.39, 0.29) is 0 Å². The van der Waals surface area contributed by atoms with Crippen molar-refractivity contribution in [3.05, 3.63) is 23.3 Å². The summed E-state index contributed by atoms with van der Waals surface area (Å²) < 4.78 is 0. The molecule has 0 unspecified atom stereocenters. The van der Waals surface area contributed by atoms with Crippen molar-refractivity contribution in [1.82, 2.24) is 9.97 Å². The maximum absolute atomic E-state index is 4.57. The first-order valence-corrected chi connectivity index (χ1v) is 4.94. The molecule has 0 aromatic carbocycles. The fourth-order valence-corrected chi connectivity index (χ4v) is 1.28. The van der Waals surface area contributed by atoms with Crippen LogP contribution in [-0.4, -0.2) is 9.97 Å². The van der Waals surface area contributed by atoms with Crippen molar-refractivity contribution in [3.63, 3.8) is 0 Å². The van der Waals surface area contributed by atoms with Crippen LogP contribution in [0.4, 0.5) is 0 Å². The maximum atomic E-state index is 4.57. The summed E-state index contributed by atoms with van der Waals surface area (Å²) in [6.07, 6.45) is 3.88. The second kappa shape index (κ2) is 4.35. The maximum Gasteiger partial charge on any atom is 0.0621 e. The summed E-state index contributed by atoms with van der Waals surface area (Å²) in [4.78, 5) is 8.91. The molecule has 0 N–H and O–H groups in total. The Morgan fingerprint density at radius 1 is 1.38 bits per heavy atom. The summed E-state index contributed by atoms with van der Waals surface area (Å²) >= 11 is 0. The summed E-state index contributed by atoms with van der Waals surface area (Å²) in [5, 5.41) is 0. The highest BCUT2D eigenvalue weighted by atomic mass is 14.8. The van der Waals surface area contributed by atoms with E-state index in [4.69, 9.17) is 0 Å². The standard InChI is InChI=1S/C11H18N2/c1-5-10-7-12-9(4)11(13-10)6-8(2)3/h7-8H,5-6H2,1-4H3. The van der Waals surface area contributed by atoms with Gasteiger partial charge in [-0.2, -0.15) is 0 Å². The average Bonchev–Trinajstić information content (AvgIpc) is 2.08. The van der Waals surface area contributed by atoms with Gasteiger partial charge < -0.3 is 0 Å². The molecule has 0 spiro atoms. The van der Waals surface area contributed by atoms with Crippen molar-refractivity contribution < 1.29 is 0 Å². The Balaban J connectivity index is 2.90. The average molecular weight is 178 g/mol. The van der Waals surface area contributed by atoms with Crippen molar-refractivity contribution in [2.75, 3.05) is 0 Å². The fraction of sp³-hybridized carbons (Fsp3) is 0.636. The van der Waals surface area contributed by atoms with E-state index >= 15 is 0 Å². The van der Waals surface area contributed by atoms with Gasteiger partial charge >= 0.3 is 0 Å². The van der Waals surface area contributed by atoms with Crippen LogP contribution in [0.5, 0.6) is 0 Å². The van der Waals surface area contributed by atoms with Gasteiger partial charge in [0, 0.05) is 6.20 Å². The molecule has 1 heterocycles. The minimum atomic E-state index is 0.653. The smallest absolute Gasteiger partial charge is 0.0621 e. The van der Waals surface area contributed by atoms with E-state index < -0.39 is 0 Å². The first-order valence-electron chi connectivity index (χ1n) is 4.94. The highest BCUT2D eigenvalue weighted by molar-refractivity contribution is 5.13. The number of aryl methyl sites for hydroxylation is 2. The highest BCUT2D eigenvalue weighted by Gasteiger charge is 2.04. The Kier molecular flexibility index (Phi) is 3.40.